The number of carbonyl (C=O) groups excluding carboxylic acids is 2. The van der Waals surface area contributed by atoms with Crippen LogP contribution in [0, 0.1) is 11.3 Å². The van der Waals surface area contributed by atoms with E-state index in [2.05, 4.69) is 5.32 Å². The number of hydrogen-bond donors (Lipinski definition) is 3. The van der Waals surface area contributed by atoms with Gasteiger partial charge in [0.15, 0.2) is 0 Å². The molecule has 2 amide bonds. The van der Waals surface area contributed by atoms with Crippen LogP contribution >= 0.6 is 23.5 Å². The van der Waals surface area contributed by atoms with Gasteiger partial charge in [-0.15, -0.1) is 23.5 Å². The van der Waals surface area contributed by atoms with Crippen LogP contribution in [0.3, 0.4) is 0 Å². The van der Waals surface area contributed by atoms with Gasteiger partial charge < -0.3 is 20.3 Å². The molecule has 25 heavy (non-hydrogen) atoms. The number of aliphatic carboxylic acids is 1. The smallest absolute Gasteiger partial charge is 0.352 e. The Bertz CT molecular complexity index is 691. The maximum absolute atomic E-state index is 12.7. The molecule has 0 bridgehead atoms. The second-order valence-corrected chi connectivity index (χ2v) is 7.77. The molecular formula is C14H17N3O6S2. The van der Waals surface area contributed by atoms with Gasteiger partial charge in [-0.3, -0.25) is 14.5 Å². The predicted molar refractivity (Wildman–Crippen MR) is 90.3 cm³/mol. The molecule has 0 aromatic carbocycles. The first-order valence-corrected chi connectivity index (χ1v) is 9.28. The van der Waals surface area contributed by atoms with Crippen LogP contribution in [0.4, 0.5) is 0 Å². The van der Waals surface area contributed by atoms with Gasteiger partial charge in [0.25, 0.3) is 11.6 Å². The van der Waals surface area contributed by atoms with E-state index in [0.29, 0.717) is 0 Å². The van der Waals surface area contributed by atoms with Crippen molar-refractivity contribution in [2.75, 3.05) is 31.0 Å². The number of fused-ring (bicyclic) bond motifs is 1. The number of β-lactam (4-membered cyclic amide) rings is 1. The van der Waals surface area contributed by atoms with Gasteiger partial charge >= 0.3 is 5.97 Å². The van der Waals surface area contributed by atoms with Gasteiger partial charge in [-0.25, -0.2) is 4.79 Å². The molecule has 2 atom stereocenters. The SMILES string of the molecule is CO[C@@]1(NC(=O)CSCC#N)C(=O)N2C(C(=O)O)=C(CO)CS[C@@]21C. The van der Waals surface area contributed by atoms with E-state index < -0.39 is 35.0 Å². The number of hydrogen-bond acceptors (Lipinski definition) is 8. The van der Waals surface area contributed by atoms with Crippen molar-refractivity contribution in [3.05, 3.63) is 11.3 Å². The maximum Gasteiger partial charge on any atom is 0.352 e. The molecule has 0 spiro atoms. The predicted octanol–water partition coefficient (Wildman–Crippen LogP) is -0.662. The fraction of sp³-hybridized carbons (Fsp3) is 0.571. The third-order valence-electron chi connectivity index (χ3n) is 4.08. The second-order valence-electron chi connectivity index (χ2n) is 5.41. The van der Waals surface area contributed by atoms with Crippen LogP contribution in [-0.2, 0) is 19.1 Å². The van der Waals surface area contributed by atoms with Crippen LogP contribution in [0.5, 0.6) is 0 Å². The number of thioether (sulfide) groups is 2. The van der Waals surface area contributed by atoms with E-state index in [9.17, 15) is 24.6 Å². The van der Waals surface area contributed by atoms with Crippen molar-refractivity contribution in [3.8, 4) is 6.07 Å². The van der Waals surface area contributed by atoms with E-state index in [4.69, 9.17) is 10.00 Å². The van der Waals surface area contributed by atoms with E-state index in [0.717, 1.165) is 16.7 Å². The molecule has 1 saturated heterocycles. The Balaban J connectivity index is 2.31. The van der Waals surface area contributed by atoms with Crippen molar-refractivity contribution >= 4 is 41.3 Å². The number of nitrogens with zero attached hydrogens (tertiary/aromatic N) is 2. The largest absolute Gasteiger partial charge is 0.477 e. The Labute approximate surface area is 152 Å². The lowest BCUT2D eigenvalue weighted by atomic mass is 9.88. The average Bonchev–Trinajstić information content (AvgIpc) is 2.58. The average molecular weight is 387 g/mol. The van der Waals surface area contributed by atoms with Crippen LogP contribution in [0.25, 0.3) is 0 Å². The van der Waals surface area contributed by atoms with Gasteiger partial charge in [-0.1, -0.05) is 0 Å². The van der Waals surface area contributed by atoms with Crippen LogP contribution in [0.2, 0.25) is 0 Å². The third-order valence-corrected chi connectivity index (χ3v) is 6.41. The molecule has 0 saturated carbocycles. The van der Waals surface area contributed by atoms with Crippen LogP contribution in [-0.4, -0.2) is 74.5 Å². The number of nitriles is 1. The van der Waals surface area contributed by atoms with Crippen molar-refractivity contribution in [1.82, 2.24) is 10.2 Å². The van der Waals surface area contributed by atoms with E-state index in [1.807, 2.05) is 6.07 Å². The molecule has 2 rings (SSSR count). The minimum Gasteiger partial charge on any atom is -0.477 e. The highest BCUT2D eigenvalue weighted by molar-refractivity contribution is 8.01. The number of amides is 2. The molecule has 136 valence electrons. The van der Waals surface area contributed by atoms with Crippen molar-refractivity contribution < 1.29 is 29.3 Å². The zero-order chi connectivity index (χ0) is 18.8. The lowest BCUT2D eigenvalue weighted by Crippen LogP contribution is -2.86. The number of nitrogens with one attached hydrogen (secondary N) is 1. The van der Waals surface area contributed by atoms with E-state index in [-0.39, 0.29) is 28.5 Å². The number of rotatable bonds is 7. The maximum atomic E-state index is 12.7. The van der Waals surface area contributed by atoms with Gasteiger partial charge in [0.05, 0.1) is 24.2 Å². The zero-order valence-corrected chi connectivity index (χ0v) is 15.2. The molecule has 0 aromatic heterocycles. The molecule has 11 heteroatoms. The number of ether oxygens (including phenoxy) is 1. The lowest BCUT2D eigenvalue weighted by Gasteiger charge is -2.62. The Morgan fingerprint density at radius 2 is 2.24 bits per heavy atom. The van der Waals surface area contributed by atoms with E-state index in [1.165, 1.54) is 18.9 Å². The molecule has 9 nitrogen and oxygen atoms in total. The summed E-state index contributed by atoms with van der Waals surface area (Å²) in [5.74, 6) is -2.26. The molecule has 0 aromatic rings. The second kappa shape index (κ2) is 7.25. The number of carboxylic acid groups (broad SMARTS) is 1. The standard InChI is InChI=1S/C14H17N3O6S2/c1-13-14(23-2,16-9(19)7-24-4-3-15)12(22)17(13)10(11(20)21)8(5-18)6-25-13/h18H,4-7H2,1-2H3,(H,16,19)(H,20,21)/t13-,14+/m1/s1. The normalized spacial score (nSPS) is 28.1. The van der Waals surface area contributed by atoms with Crippen molar-refractivity contribution in [2.45, 2.75) is 17.5 Å². The van der Waals surface area contributed by atoms with Crippen molar-refractivity contribution in [2.24, 2.45) is 0 Å². The summed E-state index contributed by atoms with van der Waals surface area (Å²) >= 11 is 2.29. The molecule has 1 fully saturated rings. The number of aliphatic hydroxyl groups is 1. The third kappa shape index (κ3) is 2.89. The highest BCUT2D eigenvalue weighted by atomic mass is 32.2. The Morgan fingerprint density at radius 1 is 1.56 bits per heavy atom. The van der Waals surface area contributed by atoms with Crippen LogP contribution in [0.15, 0.2) is 11.3 Å². The molecule has 2 aliphatic heterocycles. The number of methoxy groups -OCH3 is 1. The Kier molecular flexibility index (Phi) is 5.68. The Morgan fingerprint density at radius 3 is 2.76 bits per heavy atom. The summed E-state index contributed by atoms with van der Waals surface area (Å²) in [5.41, 5.74) is -1.76. The van der Waals surface area contributed by atoms with Crippen LogP contribution < -0.4 is 5.32 Å². The fourth-order valence-electron chi connectivity index (χ4n) is 2.88. The van der Waals surface area contributed by atoms with Gasteiger partial charge in [0.1, 0.15) is 10.6 Å². The fourth-order valence-corrected chi connectivity index (χ4v) is 4.74. The Hall–Kier alpha value is -1.74. The topological polar surface area (TPSA) is 140 Å². The molecular weight excluding hydrogens is 370 g/mol. The summed E-state index contributed by atoms with van der Waals surface area (Å²) in [5, 5.41) is 29.8. The van der Waals surface area contributed by atoms with Gasteiger partial charge in [0.2, 0.25) is 5.91 Å². The molecule has 0 radical (unpaired) electrons. The minimum absolute atomic E-state index is 0.0315. The molecule has 0 unspecified atom stereocenters. The summed E-state index contributed by atoms with van der Waals surface area (Å²) in [6, 6.07) is 1.90. The first kappa shape index (κ1) is 19.6. The molecule has 2 aliphatic rings. The highest BCUT2D eigenvalue weighted by Gasteiger charge is 2.74. The first-order chi connectivity index (χ1) is 11.8. The number of carboxylic acids is 1. The summed E-state index contributed by atoms with van der Waals surface area (Å²) in [4.78, 5) is 36.3. The van der Waals surface area contributed by atoms with E-state index in [1.54, 1.807) is 6.92 Å². The zero-order valence-electron chi connectivity index (χ0n) is 13.6. The van der Waals surface area contributed by atoms with Gasteiger partial charge in [0, 0.05) is 12.9 Å². The van der Waals surface area contributed by atoms with Gasteiger partial charge in [-0.05, 0) is 12.5 Å². The number of carbonyl (C=O) groups is 3. The summed E-state index contributed by atoms with van der Waals surface area (Å²) in [7, 11) is 1.26. The van der Waals surface area contributed by atoms with Gasteiger partial charge in [-0.2, -0.15) is 5.26 Å². The number of aliphatic hydroxyl groups excluding tert-OH is 1. The summed E-state index contributed by atoms with van der Waals surface area (Å²) < 4.78 is 5.34. The van der Waals surface area contributed by atoms with Crippen molar-refractivity contribution in [3.63, 3.8) is 0 Å². The molecule has 0 aliphatic carbocycles. The quantitative estimate of drug-likeness (QED) is 0.295. The minimum atomic E-state index is -1.70. The van der Waals surface area contributed by atoms with Crippen LogP contribution in [0.1, 0.15) is 6.92 Å². The van der Waals surface area contributed by atoms with E-state index >= 15 is 0 Å². The monoisotopic (exact) mass is 387 g/mol. The highest BCUT2D eigenvalue weighted by Crippen LogP contribution is 2.55. The molecule has 2 heterocycles. The summed E-state index contributed by atoms with van der Waals surface area (Å²) in [6.07, 6.45) is 0. The lowest BCUT2D eigenvalue weighted by molar-refractivity contribution is -0.208. The molecule has 3 N–H and O–H groups in total. The summed E-state index contributed by atoms with van der Waals surface area (Å²) in [6.45, 7) is 1.12. The first-order valence-electron chi connectivity index (χ1n) is 7.14. The van der Waals surface area contributed by atoms with Crippen molar-refractivity contribution in [1.29, 1.82) is 5.26 Å².